The normalized spacial score (nSPS) is 17.6. The van der Waals surface area contributed by atoms with Gasteiger partial charge < -0.3 is 9.64 Å². The highest BCUT2D eigenvalue weighted by atomic mass is 16.6. The zero-order valence-electron chi connectivity index (χ0n) is 15.5. The number of ether oxygens (including phenoxy) is 1. The number of benzene rings is 1. The predicted molar refractivity (Wildman–Crippen MR) is 98.6 cm³/mol. The fourth-order valence-electron chi connectivity index (χ4n) is 3.39. The molecule has 1 saturated heterocycles. The van der Waals surface area contributed by atoms with E-state index in [9.17, 15) is 19.7 Å². The molecule has 0 N–H and O–H groups in total. The fraction of sp³-hybridized carbons (Fsp3) is 0.474. The van der Waals surface area contributed by atoms with Crippen LogP contribution >= 0.6 is 0 Å². The van der Waals surface area contributed by atoms with Crippen LogP contribution < -0.4 is 0 Å². The van der Waals surface area contributed by atoms with Crippen molar-refractivity contribution < 1.29 is 19.2 Å². The largest absolute Gasteiger partial charge is 0.377 e. The molecule has 3 rings (SSSR count). The van der Waals surface area contributed by atoms with Crippen LogP contribution in [0.15, 0.2) is 30.0 Å². The maximum absolute atomic E-state index is 13.0. The van der Waals surface area contributed by atoms with Crippen molar-refractivity contribution in [2.75, 3.05) is 26.2 Å². The Bertz CT molecular complexity index is 779. The summed E-state index contributed by atoms with van der Waals surface area (Å²) in [5.41, 5.74) is 1.19. The van der Waals surface area contributed by atoms with E-state index < -0.39 is 4.92 Å². The summed E-state index contributed by atoms with van der Waals surface area (Å²) < 4.78 is 5.49. The number of amides is 2. The number of rotatable bonds is 7. The molecule has 0 bridgehead atoms. The zero-order chi connectivity index (χ0) is 19.6. The van der Waals surface area contributed by atoms with E-state index in [4.69, 9.17) is 4.74 Å². The number of carbonyl (C=O) groups excluding carboxylic acids is 2. The van der Waals surface area contributed by atoms with Crippen LogP contribution in [0.5, 0.6) is 0 Å². The molecule has 1 fully saturated rings. The van der Waals surface area contributed by atoms with Crippen molar-refractivity contribution in [2.45, 2.75) is 32.8 Å². The molecule has 1 aromatic rings. The summed E-state index contributed by atoms with van der Waals surface area (Å²) in [6, 6.07) is 5.77. The van der Waals surface area contributed by atoms with E-state index in [2.05, 4.69) is 0 Å². The summed E-state index contributed by atoms with van der Waals surface area (Å²) in [6.45, 7) is 5.69. The minimum Gasteiger partial charge on any atom is -0.377 e. The van der Waals surface area contributed by atoms with Gasteiger partial charge in [-0.3, -0.25) is 24.6 Å². The number of nitro groups is 1. The van der Waals surface area contributed by atoms with Crippen LogP contribution in [-0.2, 0) is 14.3 Å². The third-order valence-corrected chi connectivity index (χ3v) is 4.70. The van der Waals surface area contributed by atoms with Gasteiger partial charge in [0.2, 0.25) is 0 Å². The SMILES string of the molecule is CC(C)OCCN1C(=O)C(c2ccc([N+](=O)[O-])cc2)=C(N2CCCC2)C1=O. The van der Waals surface area contributed by atoms with Gasteiger partial charge in [-0.25, -0.2) is 0 Å². The Hall–Kier alpha value is -2.74. The summed E-state index contributed by atoms with van der Waals surface area (Å²) in [7, 11) is 0. The molecule has 8 nitrogen and oxygen atoms in total. The van der Waals surface area contributed by atoms with Crippen molar-refractivity contribution in [1.29, 1.82) is 0 Å². The van der Waals surface area contributed by atoms with Gasteiger partial charge in [0.15, 0.2) is 0 Å². The minimum atomic E-state index is -0.489. The summed E-state index contributed by atoms with van der Waals surface area (Å²) in [4.78, 5) is 39.5. The summed E-state index contributed by atoms with van der Waals surface area (Å²) in [5, 5.41) is 10.9. The second-order valence-corrected chi connectivity index (χ2v) is 6.90. The third kappa shape index (κ3) is 3.85. The molecule has 144 valence electrons. The first-order chi connectivity index (χ1) is 12.9. The topological polar surface area (TPSA) is 93.0 Å². The van der Waals surface area contributed by atoms with Gasteiger partial charge in [-0.15, -0.1) is 0 Å². The Balaban J connectivity index is 1.93. The zero-order valence-corrected chi connectivity index (χ0v) is 15.5. The highest BCUT2D eigenvalue weighted by molar-refractivity contribution is 6.35. The quantitative estimate of drug-likeness (QED) is 0.413. The van der Waals surface area contributed by atoms with Gasteiger partial charge in [-0.2, -0.15) is 0 Å². The first kappa shape index (κ1) is 19.0. The highest BCUT2D eigenvalue weighted by Gasteiger charge is 2.41. The number of nitrogens with zero attached hydrogens (tertiary/aromatic N) is 3. The summed E-state index contributed by atoms with van der Waals surface area (Å²) >= 11 is 0. The Morgan fingerprint density at radius 1 is 1.11 bits per heavy atom. The molecule has 0 spiro atoms. The lowest BCUT2D eigenvalue weighted by molar-refractivity contribution is -0.384. The van der Waals surface area contributed by atoms with Crippen LogP contribution in [0.4, 0.5) is 5.69 Å². The molecular formula is C19H23N3O5. The second-order valence-electron chi connectivity index (χ2n) is 6.90. The number of nitro benzene ring substituents is 1. The number of imide groups is 1. The van der Waals surface area contributed by atoms with Crippen molar-refractivity contribution in [2.24, 2.45) is 0 Å². The number of hydrogen-bond donors (Lipinski definition) is 0. The van der Waals surface area contributed by atoms with Crippen LogP contribution in [0.1, 0.15) is 32.3 Å². The molecule has 27 heavy (non-hydrogen) atoms. The van der Waals surface area contributed by atoms with Gasteiger partial charge in [0.25, 0.3) is 17.5 Å². The molecule has 1 aromatic carbocycles. The lowest BCUT2D eigenvalue weighted by Gasteiger charge is -2.20. The Labute approximate surface area is 157 Å². The van der Waals surface area contributed by atoms with Crippen molar-refractivity contribution in [3.8, 4) is 0 Å². The molecule has 0 aliphatic carbocycles. The maximum atomic E-state index is 13.0. The fourth-order valence-corrected chi connectivity index (χ4v) is 3.39. The smallest absolute Gasteiger partial charge is 0.277 e. The van der Waals surface area contributed by atoms with Crippen molar-refractivity contribution in [3.63, 3.8) is 0 Å². The summed E-state index contributed by atoms with van der Waals surface area (Å²) in [5.74, 6) is -0.689. The average Bonchev–Trinajstić information content (AvgIpc) is 3.23. The molecule has 2 aliphatic heterocycles. The van der Waals surface area contributed by atoms with Crippen LogP contribution in [0.3, 0.4) is 0 Å². The Kier molecular flexibility index (Phi) is 5.55. The van der Waals surface area contributed by atoms with E-state index in [1.807, 2.05) is 18.7 Å². The van der Waals surface area contributed by atoms with E-state index in [0.717, 1.165) is 25.9 Å². The highest BCUT2D eigenvalue weighted by Crippen LogP contribution is 2.33. The lowest BCUT2D eigenvalue weighted by atomic mass is 10.0. The van der Waals surface area contributed by atoms with Crippen LogP contribution in [0.25, 0.3) is 5.57 Å². The van der Waals surface area contributed by atoms with Gasteiger partial charge in [0.1, 0.15) is 5.70 Å². The Morgan fingerprint density at radius 3 is 2.30 bits per heavy atom. The first-order valence-electron chi connectivity index (χ1n) is 9.12. The monoisotopic (exact) mass is 373 g/mol. The average molecular weight is 373 g/mol. The van der Waals surface area contributed by atoms with E-state index in [-0.39, 0.29) is 36.8 Å². The molecule has 0 radical (unpaired) electrons. The molecule has 0 unspecified atom stereocenters. The predicted octanol–water partition coefficient (Wildman–Crippen LogP) is 2.20. The van der Waals surface area contributed by atoms with E-state index in [1.54, 1.807) is 0 Å². The number of hydrogen-bond acceptors (Lipinski definition) is 6. The molecule has 0 aromatic heterocycles. The molecular weight excluding hydrogens is 350 g/mol. The number of non-ortho nitro benzene ring substituents is 1. The maximum Gasteiger partial charge on any atom is 0.277 e. The standard InChI is InChI=1S/C19H23N3O5/c1-13(2)27-12-11-21-18(23)16(14-5-7-15(8-6-14)22(25)26)17(19(21)24)20-9-3-4-10-20/h5-8,13H,3-4,9-12H2,1-2H3. The van der Waals surface area contributed by atoms with Crippen molar-refractivity contribution in [3.05, 3.63) is 45.6 Å². The van der Waals surface area contributed by atoms with Crippen LogP contribution in [0, 0.1) is 10.1 Å². The van der Waals surface area contributed by atoms with E-state index >= 15 is 0 Å². The molecule has 2 amide bonds. The van der Waals surface area contributed by atoms with Crippen molar-refractivity contribution >= 4 is 23.1 Å². The molecule has 0 atom stereocenters. The molecule has 8 heteroatoms. The van der Waals surface area contributed by atoms with Crippen LogP contribution in [0.2, 0.25) is 0 Å². The van der Waals surface area contributed by atoms with Gasteiger partial charge >= 0.3 is 0 Å². The second kappa shape index (κ2) is 7.87. The third-order valence-electron chi connectivity index (χ3n) is 4.70. The van der Waals surface area contributed by atoms with Crippen LogP contribution in [-0.4, -0.2) is 58.9 Å². The molecule has 0 saturated carbocycles. The van der Waals surface area contributed by atoms with Gasteiger partial charge in [0, 0.05) is 25.2 Å². The van der Waals surface area contributed by atoms with E-state index in [1.165, 1.54) is 29.2 Å². The summed E-state index contributed by atoms with van der Waals surface area (Å²) in [6.07, 6.45) is 1.95. The lowest BCUT2D eigenvalue weighted by Crippen LogP contribution is -2.37. The van der Waals surface area contributed by atoms with Gasteiger partial charge in [-0.1, -0.05) is 0 Å². The minimum absolute atomic E-state index is 0.0120. The molecule has 2 heterocycles. The van der Waals surface area contributed by atoms with Gasteiger partial charge in [-0.05, 0) is 44.4 Å². The Morgan fingerprint density at radius 2 is 1.74 bits per heavy atom. The molecule has 2 aliphatic rings. The van der Waals surface area contributed by atoms with E-state index in [0.29, 0.717) is 16.8 Å². The van der Waals surface area contributed by atoms with Gasteiger partial charge in [0.05, 0.1) is 29.8 Å². The number of carbonyl (C=O) groups is 2. The van der Waals surface area contributed by atoms with Crippen molar-refractivity contribution in [1.82, 2.24) is 9.80 Å². The number of likely N-dealkylation sites (tertiary alicyclic amines) is 1. The first-order valence-corrected chi connectivity index (χ1v) is 9.12.